The number of nitrogens with zero attached hydrogens (tertiary/aromatic N) is 3. The summed E-state index contributed by atoms with van der Waals surface area (Å²) in [5.41, 5.74) is 7.90. The molecule has 0 saturated carbocycles. The number of nitrogens with one attached hydrogen (secondary N) is 1. The second-order valence-corrected chi connectivity index (χ2v) is 10.5. The van der Waals surface area contributed by atoms with Crippen LogP contribution in [0.3, 0.4) is 0 Å². The smallest absolute Gasteiger partial charge is 0.226 e. The van der Waals surface area contributed by atoms with Crippen LogP contribution >= 0.6 is 8.58 Å². The Kier molecular flexibility index (Phi) is 10.4. The van der Waals surface area contributed by atoms with Crippen molar-refractivity contribution in [3.8, 4) is 30.2 Å². The van der Waals surface area contributed by atoms with Crippen molar-refractivity contribution >= 4 is 26.2 Å². The molecule has 2 amide bonds. The molecule has 3 N–H and O–H groups in total. The minimum atomic E-state index is -0.236. The third kappa shape index (κ3) is 6.25. The molecule has 3 atom stereocenters. The molecular weight excluding hydrogens is 457 g/mol. The van der Waals surface area contributed by atoms with E-state index in [1.54, 1.807) is 12.3 Å². The van der Waals surface area contributed by atoms with Crippen LogP contribution in [0.1, 0.15) is 57.6 Å². The Morgan fingerprint density at radius 2 is 2.09 bits per heavy atom. The van der Waals surface area contributed by atoms with Crippen LogP contribution in [0, 0.1) is 30.1 Å². The van der Waals surface area contributed by atoms with Crippen molar-refractivity contribution in [1.82, 2.24) is 15.2 Å². The second kappa shape index (κ2) is 13.0. The van der Waals surface area contributed by atoms with Gasteiger partial charge in [-0.2, -0.15) is 5.26 Å². The zero-order chi connectivity index (χ0) is 26.0. The van der Waals surface area contributed by atoms with Crippen molar-refractivity contribution in [1.29, 1.82) is 5.26 Å². The molecule has 4 rings (SSSR count). The van der Waals surface area contributed by atoms with Crippen molar-refractivity contribution in [3.05, 3.63) is 47.7 Å². The van der Waals surface area contributed by atoms with E-state index in [0.29, 0.717) is 39.2 Å². The summed E-state index contributed by atoms with van der Waals surface area (Å²) < 4.78 is 0. The number of carbonyl (C=O) groups excluding carboxylic acids is 2. The van der Waals surface area contributed by atoms with E-state index < -0.39 is 0 Å². The fraction of sp³-hybridized carbons (Fsp3) is 0.407. The van der Waals surface area contributed by atoms with Gasteiger partial charge in [-0.05, 0) is 41.8 Å². The van der Waals surface area contributed by atoms with Gasteiger partial charge >= 0.3 is 0 Å². The maximum Gasteiger partial charge on any atom is 0.226 e. The highest BCUT2D eigenvalue weighted by molar-refractivity contribution is 7.51. The van der Waals surface area contributed by atoms with Crippen LogP contribution < -0.4 is 16.4 Å². The van der Waals surface area contributed by atoms with Gasteiger partial charge in [-0.3, -0.25) is 19.9 Å². The first-order valence-electron chi connectivity index (χ1n) is 11.7. The van der Waals surface area contributed by atoms with Gasteiger partial charge in [-0.15, -0.1) is 12.8 Å². The Hall–Kier alpha value is -3.25. The average Bonchev–Trinajstić information content (AvgIpc) is 2.85. The molecule has 3 unspecified atom stereocenters. The molecule has 7 nitrogen and oxygen atoms in total. The van der Waals surface area contributed by atoms with Crippen LogP contribution in [0.15, 0.2) is 36.5 Å². The molecule has 1 aromatic heterocycles. The van der Waals surface area contributed by atoms with Gasteiger partial charge in [-0.1, -0.05) is 54.0 Å². The lowest BCUT2D eigenvalue weighted by Crippen LogP contribution is -2.62. The summed E-state index contributed by atoms with van der Waals surface area (Å²) in [5.74, 6) is 0.844. The lowest BCUT2D eigenvalue weighted by atomic mass is 9.93. The fourth-order valence-electron chi connectivity index (χ4n) is 4.71. The summed E-state index contributed by atoms with van der Waals surface area (Å²) in [7, 11) is 0.518. The highest BCUT2D eigenvalue weighted by Gasteiger charge is 2.49. The van der Waals surface area contributed by atoms with Gasteiger partial charge < -0.3 is 10.6 Å². The number of carbonyl (C=O) groups is 2. The molecule has 35 heavy (non-hydrogen) atoms. The third-order valence-corrected chi connectivity index (χ3v) is 7.96. The third-order valence-electron chi connectivity index (χ3n) is 6.12. The van der Waals surface area contributed by atoms with Gasteiger partial charge in [0.1, 0.15) is 0 Å². The van der Waals surface area contributed by atoms with Crippen molar-refractivity contribution < 1.29 is 9.59 Å². The highest BCUT2D eigenvalue weighted by atomic mass is 31.1. The molecule has 2 aliphatic rings. The van der Waals surface area contributed by atoms with E-state index in [4.69, 9.17) is 4.79 Å². The summed E-state index contributed by atoms with van der Waals surface area (Å²) >= 11 is 0. The Balaban J connectivity index is 0.000000803. The van der Waals surface area contributed by atoms with Crippen LogP contribution in [0.5, 0.6) is 0 Å². The van der Waals surface area contributed by atoms with Gasteiger partial charge in [0.15, 0.2) is 0 Å². The van der Waals surface area contributed by atoms with E-state index in [-0.39, 0.29) is 17.6 Å². The number of nitrogens with two attached hydrogens (primary N) is 1. The number of fused-ring (bicyclic) bond motifs is 2. The molecule has 8 heteroatoms. The van der Waals surface area contributed by atoms with E-state index in [2.05, 4.69) is 72.8 Å². The number of amides is 2. The van der Waals surface area contributed by atoms with E-state index in [0.717, 1.165) is 30.5 Å². The predicted molar refractivity (Wildman–Crippen MR) is 142 cm³/mol. The summed E-state index contributed by atoms with van der Waals surface area (Å²) in [6.45, 7) is 7.27. The fourth-order valence-corrected chi connectivity index (χ4v) is 6.48. The van der Waals surface area contributed by atoms with E-state index in [1.807, 2.05) is 12.1 Å². The monoisotopic (exact) mass is 491 g/mol. The molecule has 2 aliphatic heterocycles. The Labute approximate surface area is 210 Å². The maximum absolute atomic E-state index is 13.2. The molecule has 1 aromatic carbocycles. The number of hydrogen-bond acceptors (Lipinski definition) is 5. The Morgan fingerprint density at radius 1 is 1.37 bits per heavy atom. The van der Waals surface area contributed by atoms with Gasteiger partial charge in [-0.25, -0.2) is 0 Å². The zero-order valence-electron chi connectivity index (χ0n) is 20.6. The van der Waals surface area contributed by atoms with Crippen LogP contribution in [0.4, 0.5) is 0 Å². The first-order valence-corrected chi connectivity index (χ1v) is 12.7. The molecule has 1 spiro atoms. The van der Waals surface area contributed by atoms with Crippen LogP contribution in [0.25, 0.3) is 11.3 Å². The van der Waals surface area contributed by atoms with Gasteiger partial charge in [0, 0.05) is 17.8 Å². The normalized spacial score (nSPS) is 19.3. The largest absolute Gasteiger partial charge is 0.372 e. The van der Waals surface area contributed by atoms with E-state index in [9.17, 15) is 10.1 Å². The molecule has 0 bridgehead atoms. The van der Waals surface area contributed by atoms with Crippen molar-refractivity contribution in [2.75, 3.05) is 6.67 Å². The van der Waals surface area contributed by atoms with Gasteiger partial charge in [0.05, 0.1) is 35.7 Å². The zero-order valence-corrected chi connectivity index (χ0v) is 21.6. The van der Waals surface area contributed by atoms with E-state index in [1.165, 1.54) is 10.9 Å². The number of hydrogen-bond donors (Lipinski definition) is 2. The van der Waals surface area contributed by atoms with Gasteiger partial charge in [0.2, 0.25) is 12.3 Å². The van der Waals surface area contributed by atoms with Crippen LogP contribution in [0.2, 0.25) is 0 Å². The van der Waals surface area contributed by atoms with Crippen molar-refractivity contribution in [2.45, 2.75) is 57.8 Å². The molecule has 0 radical (unpaired) electrons. The Bertz CT molecular complexity index is 1090. The van der Waals surface area contributed by atoms with Gasteiger partial charge in [0.25, 0.3) is 0 Å². The van der Waals surface area contributed by atoms with Crippen LogP contribution in [-0.2, 0) is 14.9 Å². The number of primary amides is 1. The first-order chi connectivity index (χ1) is 16.9. The SMILES string of the molecule is C#C.CCCC(CC(C)C)N1CNC2(CC1=O)Pc1c(-c3cc(C#N)ccn3)cccc12.NC=O. The molecule has 3 heterocycles. The molecule has 1 saturated heterocycles. The molecular formula is C27H34N5O2P. The average molecular weight is 492 g/mol. The minimum Gasteiger partial charge on any atom is -0.372 e. The summed E-state index contributed by atoms with van der Waals surface area (Å²) in [5, 5.41) is 14.0. The van der Waals surface area contributed by atoms with E-state index >= 15 is 0 Å². The van der Waals surface area contributed by atoms with Crippen LogP contribution in [-0.4, -0.2) is 34.9 Å². The topological polar surface area (TPSA) is 112 Å². The molecule has 2 aromatic rings. The predicted octanol–water partition coefficient (Wildman–Crippen LogP) is 3.44. The maximum atomic E-state index is 13.2. The summed E-state index contributed by atoms with van der Waals surface area (Å²) in [6, 6.07) is 12.3. The molecule has 0 aliphatic carbocycles. The standard InChI is InChI=1S/C24H29N4OP.C2H2.CH3NO/c1-4-6-18(11-16(2)3)28-15-27-24(13-22(28)29)20-8-5-7-19(23(20)30-24)21-12-17(14-25)9-10-26-21;1-2;2-1-3/h5,7-10,12,16,18,27,30H,4,6,11,13,15H2,1-3H3;1-2H;1H,(H2,2,3). The Morgan fingerprint density at radius 3 is 2.69 bits per heavy atom. The van der Waals surface area contributed by atoms with Crippen molar-refractivity contribution in [2.24, 2.45) is 11.7 Å². The minimum absolute atomic E-state index is 0.236. The number of pyridine rings is 1. The summed E-state index contributed by atoms with van der Waals surface area (Å²) in [4.78, 5) is 28.3. The number of rotatable bonds is 6. The summed E-state index contributed by atoms with van der Waals surface area (Å²) in [6.07, 6.45) is 13.7. The quantitative estimate of drug-likeness (QED) is 0.365. The number of aromatic nitrogens is 1. The number of nitriles is 1. The van der Waals surface area contributed by atoms with Crippen molar-refractivity contribution in [3.63, 3.8) is 0 Å². The first kappa shape index (κ1) is 28.0. The number of benzene rings is 1. The molecule has 1 fully saturated rings. The lowest BCUT2D eigenvalue weighted by Gasteiger charge is -2.51. The second-order valence-electron chi connectivity index (χ2n) is 8.88. The highest BCUT2D eigenvalue weighted by Crippen LogP contribution is 2.54. The molecule has 184 valence electrons. The number of terminal acetylenes is 1. The lowest BCUT2D eigenvalue weighted by molar-refractivity contribution is -0.139.